The fourth-order valence-corrected chi connectivity index (χ4v) is 1.93. The van der Waals surface area contributed by atoms with Crippen LogP contribution in [0.5, 0.6) is 0 Å². The maximum atomic E-state index is 4.20. The van der Waals surface area contributed by atoms with Crippen LogP contribution in [-0.2, 0) is 0 Å². The van der Waals surface area contributed by atoms with Crippen LogP contribution in [0.2, 0.25) is 0 Å². The average Bonchev–Trinajstić information content (AvgIpc) is 3.19. The summed E-state index contributed by atoms with van der Waals surface area (Å²) in [6.45, 7) is 3.24. The summed E-state index contributed by atoms with van der Waals surface area (Å²) in [4.78, 5) is 6.66. The minimum atomic E-state index is 0.564. The molecule has 4 heteroatoms. The summed E-state index contributed by atoms with van der Waals surface area (Å²) in [5.41, 5.74) is 1.13. The second-order valence-electron chi connectivity index (χ2n) is 4.81. The van der Waals surface area contributed by atoms with Crippen molar-refractivity contribution in [2.45, 2.75) is 31.8 Å². The van der Waals surface area contributed by atoms with Crippen molar-refractivity contribution >= 4 is 11.5 Å². The third-order valence-corrected chi connectivity index (χ3v) is 3.44. The molecule has 0 aromatic carbocycles. The van der Waals surface area contributed by atoms with Gasteiger partial charge in [-0.25, -0.2) is 4.98 Å². The summed E-state index contributed by atoms with van der Waals surface area (Å²) in [6.07, 6.45) is 4.55. The predicted molar refractivity (Wildman–Crippen MR) is 72.5 cm³/mol. The predicted octanol–water partition coefficient (Wildman–Crippen LogP) is 2.02. The van der Waals surface area contributed by atoms with Gasteiger partial charge in [0.25, 0.3) is 0 Å². The molecular weight excluding hydrogens is 212 g/mol. The van der Waals surface area contributed by atoms with Crippen LogP contribution in [0.3, 0.4) is 0 Å². The van der Waals surface area contributed by atoms with Crippen LogP contribution < -0.4 is 10.6 Å². The fourth-order valence-electron chi connectivity index (χ4n) is 1.93. The molecular formula is C13H22N4. The third-order valence-electron chi connectivity index (χ3n) is 3.44. The normalized spacial score (nSPS) is 16.9. The van der Waals surface area contributed by atoms with E-state index < -0.39 is 0 Å². The largest absolute Gasteiger partial charge is 0.383 e. The number of pyridine rings is 1. The molecule has 2 N–H and O–H groups in total. The monoisotopic (exact) mass is 234 g/mol. The van der Waals surface area contributed by atoms with E-state index in [4.69, 9.17) is 0 Å². The highest BCUT2D eigenvalue weighted by molar-refractivity contribution is 5.51. The fraction of sp³-hybridized carbons (Fsp3) is 0.615. The van der Waals surface area contributed by atoms with E-state index in [2.05, 4.69) is 34.5 Å². The topological polar surface area (TPSA) is 40.2 Å². The molecule has 1 unspecified atom stereocenters. The van der Waals surface area contributed by atoms with E-state index in [0.717, 1.165) is 24.1 Å². The van der Waals surface area contributed by atoms with Gasteiger partial charge < -0.3 is 10.6 Å². The summed E-state index contributed by atoms with van der Waals surface area (Å²) in [5, 5.41) is 6.51. The molecule has 0 bridgehead atoms. The van der Waals surface area contributed by atoms with Crippen molar-refractivity contribution in [1.29, 1.82) is 0 Å². The molecule has 0 amide bonds. The lowest BCUT2D eigenvalue weighted by molar-refractivity contribution is 0.257. The first kappa shape index (κ1) is 12.2. The number of aromatic nitrogens is 1. The maximum Gasteiger partial charge on any atom is 0.127 e. The van der Waals surface area contributed by atoms with E-state index in [1.165, 1.54) is 12.8 Å². The van der Waals surface area contributed by atoms with Gasteiger partial charge in [0, 0.05) is 43.6 Å². The molecule has 4 nitrogen and oxygen atoms in total. The number of anilines is 2. The molecule has 1 heterocycles. The average molecular weight is 234 g/mol. The first-order valence-electron chi connectivity index (χ1n) is 6.30. The lowest BCUT2D eigenvalue weighted by atomic mass is 10.2. The van der Waals surface area contributed by atoms with Gasteiger partial charge in [0.15, 0.2) is 0 Å². The molecule has 0 aliphatic heterocycles. The van der Waals surface area contributed by atoms with Crippen LogP contribution in [0.15, 0.2) is 18.3 Å². The van der Waals surface area contributed by atoms with Crippen LogP contribution in [-0.4, -0.2) is 42.6 Å². The van der Waals surface area contributed by atoms with Gasteiger partial charge in [0.05, 0.1) is 0 Å². The number of likely N-dealkylation sites (N-methyl/N-ethyl adjacent to an activating group) is 1. The number of rotatable bonds is 6. The Hall–Kier alpha value is -1.29. The van der Waals surface area contributed by atoms with Gasteiger partial charge in [-0.1, -0.05) is 0 Å². The van der Waals surface area contributed by atoms with E-state index in [1.807, 2.05) is 25.4 Å². The van der Waals surface area contributed by atoms with Gasteiger partial charge in [0.1, 0.15) is 5.82 Å². The summed E-state index contributed by atoms with van der Waals surface area (Å²) in [5.74, 6) is 0.901. The van der Waals surface area contributed by atoms with Crippen molar-refractivity contribution in [3.63, 3.8) is 0 Å². The second-order valence-corrected chi connectivity index (χ2v) is 4.81. The van der Waals surface area contributed by atoms with Gasteiger partial charge in [0.2, 0.25) is 0 Å². The Labute approximate surface area is 103 Å². The molecule has 0 saturated heterocycles. The van der Waals surface area contributed by atoms with Crippen LogP contribution in [0, 0.1) is 0 Å². The molecule has 1 aromatic rings. The van der Waals surface area contributed by atoms with E-state index in [0.29, 0.717) is 6.04 Å². The third kappa shape index (κ3) is 3.33. The lowest BCUT2D eigenvalue weighted by Gasteiger charge is -2.25. The van der Waals surface area contributed by atoms with Crippen LogP contribution >= 0.6 is 0 Å². The number of nitrogens with one attached hydrogen (secondary N) is 2. The highest BCUT2D eigenvalue weighted by Gasteiger charge is 2.28. The maximum absolute atomic E-state index is 4.20. The second kappa shape index (κ2) is 5.36. The zero-order valence-electron chi connectivity index (χ0n) is 10.9. The molecule has 2 rings (SSSR count). The van der Waals surface area contributed by atoms with Gasteiger partial charge in [-0.2, -0.15) is 0 Å². The molecule has 1 aliphatic carbocycles. The standard InChI is InChI=1S/C13H22N4/c1-10(17(3)12-4-5-12)9-16-11-6-7-15-13(8-11)14-2/h6-8,10,12H,4-5,9H2,1-3H3,(H2,14,15,16). The highest BCUT2D eigenvalue weighted by Crippen LogP contribution is 2.27. The molecule has 1 saturated carbocycles. The number of nitrogens with zero attached hydrogens (tertiary/aromatic N) is 2. The molecule has 1 atom stereocenters. The van der Waals surface area contributed by atoms with Gasteiger partial charge in [-0.3, -0.25) is 4.90 Å². The van der Waals surface area contributed by atoms with E-state index >= 15 is 0 Å². The van der Waals surface area contributed by atoms with Crippen molar-refractivity contribution in [1.82, 2.24) is 9.88 Å². The summed E-state index contributed by atoms with van der Waals surface area (Å²) < 4.78 is 0. The molecule has 1 aliphatic rings. The summed E-state index contributed by atoms with van der Waals surface area (Å²) in [7, 11) is 4.10. The Morgan fingerprint density at radius 3 is 2.94 bits per heavy atom. The first-order chi connectivity index (χ1) is 8.20. The number of hydrogen-bond acceptors (Lipinski definition) is 4. The van der Waals surface area contributed by atoms with Gasteiger partial charge in [-0.05, 0) is 32.9 Å². The Kier molecular flexibility index (Phi) is 3.84. The van der Waals surface area contributed by atoms with Crippen molar-refractivity contribution in [3.05, 3.63) is 18.3 Å². The number of hydrogen-bond donors (Lipinski definition) is 2. The van der Waals surface area contributed by atoms with Crippen LogP contribution in [0.25, 0.3) is 0 Å². The zero-order chi connectivity index (χ0) is 12.3. The van der Waals surface area contributed by atoms with Gasteiger partial charge >= 0.3 is 0 Å². The highest BCUT2D eigenvalue weighted by atomic mass is 15.2. The Balaban J connectivity index is 1.83. The molecule has 0 spiro atoms. The summed E-state index contributed by atoms with van der Waals surface area (Å²) >= 11 is 0. The van der Waals surface area contributed by atoms with E-state index in [9.17, 15) is 0 Å². The van der Waals surface area contributed by atoms with Gasteiger partial charge in [-0.15, -0.1) is 0 Å². The first-order valence-corrected chi connectivity index (χ1v) is 6.30. The summed E-state index contributed by atoms with van der Waals surface area (Å²) in [6, 6.07) is 5.42. The molecule has 94 valence electrons. The minimum absolute atomic E-state index is 0.564. The van der Waals surface area contributed by atoms with E-state index in [1.54, 1.807) is 0 Å². The SMILES string of the molecule is CNc1cc(NCC(C)N(C)C2CC2)ccn1. The Bertz CT molecular complexity index is 362. The molecule has 17 heavy (non-hydrogen) atoms. The molecule has 0 radical (unpaired) electrons. The Morgan fingerprint density at radius 1 is 1.53 bits per heavy atom. The zero-order valence-corrected chi connectivity index (χ0v) is 10.9. The quantitative estimate of drug-likeness (QED) is 0.790. The van der Waals surface area contributed by atoms with Crippen molar-refractivity contribution in [2.75, 3.05) is 31.3 Å². The smallest absolute Gasteiger partial charge is 0.127 e. The molecule has 1 aromatic heterocycles. The van der Waals surface area contributed by atoms with Crippen molar-refractivity contribution in [3.8, 4) is 0 Å². The Morgan fingerprint density at radius 2 is 2.29 bits per heavy atom. The van der Waals surface area contributed by atoms with Crippen LogP contribution in [0.1, 0.15) is 19.8 Å². The molecule has 1 fully saturated rings. The van der Waals surface area contributed by atoms with Crippen LogP contribution in [0.4, 0.5) is 11.5 Å². The van der Waals surface area contributed by atoms with Crippen molar-refractivity contribution in [2.24, 2.45) is 0 Å². The minimum Gasteiger partial charge on any atom is -0.383 e. The lowest BCUT2D eigenvalue weighted by Crippen LogP contribution is -2.36. The van der Waals surface area contributed by atoms with Crippen molar-refractivity contribution < 1.29 is 0 Å². The van der Waals surface area contributed by atoms with E-state index in [-0.39, 0.29) is 0 Å².